The van der Waals surface area contributed by atoms with Crippen LogP contribution < -0.4 is 21.3 Å². The van der Waals surface area contributed by atoms with Crippen LogP contribution in [0, 0.1) is 13.8 Å². The normalized spacial score (nSPS) is 27.9. The number of amidine groups is 1. The summed E-state index contributed by atoms with van der Waals surface area (Å²) in [6.07, 6.45) is -10.2. The van der Waals surface area contributed by atoms with Gasteiger partial charge in [-0.2, -0.15) is 9.30 Å². The maximum Gasteiger partial charge on any atom is 0.481 e. The van der Waals surface area contributed by atoms with Crippen LogP contribution in [0.3, 0.4) is 0 Å². The third-order valence-electron chi connectivity index (χ3n) is 8.73. The van der Waals surface area contributed by atoms with Gasteiger partial charge in [0.25, 0.3) is 11.6 Å². The van der Waals surface area contributed by atoms with E-state index in [1.807, 2.05) is 5.32 Å². The zero-order valence-corrected chi connectivity index (χ0v) is 29.8. The Kier molecular flexibility index (Phi) is 10.7. The molecule has 3 amide bonds. The molecule has 27 heteroatoms. The highest BCUT2D eigenvalue weighted by atomic mass is 31.3. The number of hydrogen-bond acceptors (Lipinski definition) is 20. The van der Waals surface area contributed by atoms with Crippen molar-refractivity contribution in [1.29, 1.82) is 0 Å². The standard InChI is InChI=1S/C27H35N9O16P2/c1-10-3-12-13(4-11(10)2)35(24-27(44,34-12)25(42)33-26(43)32-24)5-14(37)18(39)15(38)6-49-53(45,46)52-54(47,48)50-7-16-19(40)20(41)23(51-16)36-9-31-17-21(28)29-8-30-22(17)36/h3-4,8-9,14-16,18-20,23,34,37-41,44H,5-7H2,1-2H3,(H,45,46)(H,47,48)(H2,28,29,30)(H,33,42,43)/t14-,15+,16+,18-,19+,20+,23+,27+/m0/s1. The monoisotopic (exact) mass is 803 g/mol. The summed E-state index contributed by atoms with van der Waals surface area (Å²) in [5, 5.41) is 68.7. The van der Waals surface area contributed by atoms with E-state index in [1.54, 1.807) is 26.0 Å². The molecule has 0 aliphatic carbocycles. The van der Waals surface area contributed by atoms with E-state index >= 15 is 0 Å². The Morgan fingerprint density at radius 2 is 1.70 bits per heavy atom. The number of anilines is 3. The van der Waals surface area contributed by atoms with Crippen LogP contribution in [0.5, 0.6) is 0 Å². The molecule has 3 aliphatic heterocycles. The van der Waals surface area contributed by atoms with Crippen LogP contribution >= 0.6 is 15.6 Å². The average molecular weight is 804 g/mol. The maximum atomic E-state index is 12.6. The highest BCUT2D eigenvalue weighted by Crippen LogP contribution is 2.60. The number of carbonyl (C=O) groups excluding carboxylic acids is 2. The van der Waals surface area contributed by atoms with E-state index in [0.29, 0.717) is 5.56 Å². The first-order valence-electron chi connectivity index (χ1n) is 15.7. The Labute approximate surface area is 302 Å². The van der Waals surface area contributed by atoms with Crippen molar-refractivity contribution in [1.82, 2.24) is 24.8 Å². The van der Waals surface area contributed by atoms with Crippen LogP contribution in [0.4, 0.5) is 22.0 Å². The van der Waals surface area contributed by atoms with Gasteiger partial charge in [0.05, 0.1) is 37.5 Å². The largest absolute Gasteiger partial charge is 0.481 e. The number of aromatic nitrogens is 4. The first-order chi connectivity index (χ1) is 25.2. The fraction of sp³-hybridized carbons (Fsp3) is 0.481. The number of nitrogens with two attached hydrogens (primary N) is 1. The first-order valence-corrected chi connectivity index (χ1v) is 18.7. The number of β-amino-alcohol motifs (C(OH)–C–C–N with tert-alkyl or cyclic N) is 1. The lowest BCUT2D eigenvalue weighted by Crippen LogP contribution is -2.69. The predicted molar refractivity (Wildman–Crippen MR) is 179 cm³/mol. The van der Waals surface area contributed by atoms with E-state index in [9.17, 15) is 59.1 Å². The number of nitrogens with one attached hydrogen (secondary N) is 2. The van der Waals surface area contributed by atoms with E-state index in [4.69, 9.17) is 15.0 Å². The summed E-state index contributed by atoms with van der Waals surface area (Å²) >= 11 is 0. The van der Waals surface area contributed by atoms with Gasteiger partial charge in [0.2, 0.25) is 0 Å². The number of ether oxygens (including phenoxy) is 1. The van der Waals surface area contributed by atoms with Crippen LogP contribution in [-0.2, 0) is 32.0 Å². The number of carbonyl (C=O) groups is 2. The molecule has 294 valence electrons. The molecule has 6 rings (SSSR count). The number of aryl methyl sites for hydroxylation is 2. The van der Waals surface area contributed by atoms with Gasteiger partial charge in [0.15, 0.2) is 23.5 Å². The van der Waals surface area contributed by atoms with Gasteiger partial charge < -0.3 is 61.1 Å². The second-order valence-corrected chi connectivity index (χ2v) is 15.5. The summed E-state index contributed by atoms with van der Waals surface area (Å²) < 4.78 is 45.3. The number of nitrogen functional groups attached to an aromatic ring is 1. The third-order valence-corrected chi connectivity index (χ3v) is 11.3. The molecule has 1 fully saturated rings. The number of aliphatic hydroxyl groups excluding tert-OH is 5. The zero-order valence-electron chi connectivity index (χ0n) is 28.0. The lowest BCUT2D eigenvalue weighted by molar-refractivity contribution is -0.131. The van der Waals surface area contributed by atoms with Gasteiger partial charge >= 0.3 is 21.7 Å². The quantitative estimate of drug-likeness (QED) is 0.0780. The number of imidazole rings is 1. The van der Waals surface area contributed by atoms with Crippen LogP contribution in [-0.4, -0.2) is 140 Å². The number of imide groups is 1. The zero-order chi connectivity index (χ0) is 39.5. The molecule has 2 unspecified atom stereocenters. The molecule has 0 saturated carbocycles. The molecule has 0 spiro atoms. The average Bonchev–Trinajstić information content (AvgIpc) is 3.64. The van der Waals surface area contributed by atoms with E-state index in [0.717, 1.165) is 16.8 Å². The van der Waals surface area contributed by atoms with Gasteiger partial charge in [-0.15, -0.1) is 0 Å². The van der Waals surface area contributed by atoms with Crippen molar-refractivity contribution in [2.45, 2.75) is 62.4 Å². The lowest BCUT2D eigenvalue weighted by Gasteiger charge is -2.44. The second-order valence-electron chi connectivity index (χ2n) is 12.5. The molecule has 1 aromatic carbocycles. The van der Waals surface area contributed by atoms with Gasteiger partial charge in [0, 0.05) is 0 Å². The number of aliphatic imine (C=N–C) groups is 1. The smallest absolute Gasteiger partial charge is 0.388 e. The molecule has 0 radical (unpaired) electrons. The predicted octanol–water partition coefficient (Wildman–Crippen LogP) is -2.75. The summed E-state index contributed by atoms with van der Waals surface area (Å²) in [5.41, 5.74) is 5.31. The fourth-order valence-corrected chi connectivity index (χ4v) is 7.90. The summed E-state index contributed by atoms with van der Waals surface area (Å²) in [7, 11) is -11.1. The first kappa shape index (κ1) is 39.6. The van der Waals surface area contributed by atoms with Crippen molar-refractivity contribution in [2.75, 3.05) is 35.7 Å². The molecule has 25 nitrogen and oxygen atoms in total. The number of aliphatic hydroxyl groups is 6. The summed E-state index contributed by atoms with van der Waals surface area (Å²) in [6, 6.07) is 2.02. The van der Waals surface area contributed by atoms with Crippen LogP contribution in [0.25, 0.3) is 11.2 Å². The number of benzene rings is 1. The van der Waals surface area contributed by atoms with Crippen molar-refractivity contribution in [3.05, 3.63) is 35.9 Å². The minimum absolute atomic E-state index is 0.0224. The molecule has 2 aromatic heterocycles. The van der Waals surface area contributed by atoms with Crippen molar-refractivity contribution in [3.63, 3.8) is 0 Å². The van der Waals surface area contributed by atoms with Crippen molar-refractivity contribution in [2.24, 2.45) is 4.99 Å². The van der Waals surface area contributed by atoms with Crippen molar-refractivity contribution >= 4 is 61.8 Å². The molecular weight excluding hydrogens is 768 g/mol. The van der Waals surface area contributed by atoms with E-state index < -0.39 is 102 Å². The molecule has 10 atom stereocenters. The van der Waals surface area contributed by atoms with E-state index in [-0.39, 0.29) is 28.4 Å². The van der Waals surface area contributed by atoms with Gasteiger partial charge in [0.1, 0.15) is 48.5 Å². The molecule has 3 aromatic rings. The van der Waals surface area contributed by atoms with Crippen LogP contribution in [0.15, 0.2) is 29.8 Å². The highest BCUT2D eigenvalue weighted by molar-refractivity contribution is 7.61. The van der Waals surface area contributed by atoms with Gasteiger partial charge in [-0.25, -0.2) is 28.9 Å². The molecule has 3 aliphatic rings. The molecule has 12 N–H and O–H groups in total. The van der Waals surface area contributed by atoms with Crippen molar-refractivity contribution in [3.8, 4) is 0 Å². The summed E-state index contributed by atoms with van der Waals surface area (Å²) in [5.74, 6) is -1.72. The Morgan fingerprint density at radius 1 is 1.02 bits per heavy atom. The number of phosphoric acid groups is 2. The maximum absolute atomic E-state index is 12.6. The Hall–Kier alpha value is -4.04. The molecule has 54 heavy (non-hydrogen) atoms. The second kappa shape index (κ2) is 14.6. The van der Waals surface area contributed by atoms with Gasteiger partial charge in [-0.1, -0.05) is 0 Å². The van der Waals surface area contributed by atoms with Gasteiger partial charge in [-0.3, -0.25) is 23.7 Å². The number of nitrogens with zero attached hydrogens (tertiary/aromatic N) is 6. The number of fused-ring (bicyclic) bond motifs is 3. The topological polar surface area (TPSA) is 376 Å². The number of amides is 3. The van der Waals surface area contributed by atoms with E-state index in [2.05, 4.69) is 34.1 Å². The van der Waals surface area contributed by atoms with Gasteiger partial charge in [-0.05, 0) is 37.1 Å². The number of urea groups is 1. The fourth-order valence-electron chi connectivity index (χ4n) is 5.80. The minimum Gasteiger partial charge on any atom is -0.388 e. The molecule has 0 bridgehead atoms. The summed E-state index contributed by atoms with van der Waals surface area (Å²) in [4.78, 5) is 61.5. The molecule has 1 saturated heterocycles. The minimum atomic E-state index is -5.58. The van der Waals surface area contributed by atoms with Crippen LogP contribution in [0.1, 0.15) is 17.4 Å². The lowest BCUT2D eigenvalue weighted by atomic mass is 9.98. The third kappa shape index (κ3) is 7.60. The Morgan fingerprint density at radius 3 is 2.43 bits per heavy atom. The SMILES string of the molecule is Cc1cc2c(cc1C)N(C[C@H](O)[C@H](O)[C@H](O)COP(=O)(O)OP(=O)(O)OC[C@H]1O[C@@H](n3cnc4c(N)ncnc43)[C@H](O)[C@@H]1O)C1=NC(=O)NC(=O)[C@@]1(O)N2. The number of rotatable bonds is 13. The van der Waals surface area contributed by atoms with E-state index in [1.165, 1.54) is 10.9 Å². The molecular formula is C27H35N9O16P2. The highest BCUT2D eigenvalue weighted by Gasteiger charge is 2.53. The number of phosphoric ester groups is 2. The molecule has 5 heterocycles. The number of hydrogen-bond donors (Lipinski definition) is 11. The Balaban J connectivity index is 1.06. The Bertz CT molecular complexity index is 2100. The van der Waals surface area contributed by atoms with Crippen molar-refractivity contribution < 1.29 is 77.2 Å². The van der Waals surface area contributed by atoms with Crippen LogP contribution in [0.2, 0.25) is 0 Å². The summed E-state index contributed by atoms with van der Waals surface area (Å²) in [6.45, 7) is 0.513.